The number of rotatable bonds is 3. The average molecular weight is 227 g/mol. The lowest BCUT2D eigenvalue weighted by molar-refractivity contribution is -0.116. The predicted molar refractivity (Wildman–Crippen MR) is 51.3 cm³/mol. The van der Waals surface area contributed by atoms with Crippen molar-refractivity contribution in [3.05, 3.63) is 35.4 Å². The Balaban J connectivity index is 0.000000487. The first-order chi connectivity index (χ1) is 7.52. The van der Waals surface area contributed by atoms with Gasteiger partial charge in [-0.25, -0.2) is 15.1 Å². The molecule has 0 radical (unpaired) electrons. The summed E-state index contributed by atoms with van der Waals surface area (Å²) in [5, 5.41) is 24.2. The van der Waals surface area contributed by atoms with Gasteiger partial charge in [0.1, 0.15) is 0 Å². The smallest absolute Gasteiger partial charge is 0.335 e. The molecule has 0 fully saturated rings. The van der Waals surface area contributed by atoms with Crippen LogP contribution in [0.3, 0.4) is 0 Å². The van der Waals surface area contributed by atoms with Gasteiger partial charge in [-0.2, -0.15) is 0 Å². The van der Waals surface area contributed by atoms with E-state index in [4.69, 9.17) is 20.2 Å². The highest BCUT2D eigenvalue weighted by Gasteiger charge is 2.04. The molecule has 0 aromatic heterocycles. The molecule has 0 unspecified atom stereocenters. The molecule has 0 spiro atoms. The number of amides is 1. The maximum absolute atomic E-state index is 10.3. The van der Waals surface area contributed by atoms with Crippen LogP contribution in [0.2, 0.25) is 0 Å². The monoisotopic (exact) mass is 227 g/mol. The predicted octanol–water partition coefficient (Wildman–Crippen LogP) is 0.205. The molecule has 0 heterocycles. The first kappa shape index (κ1) is 13.6. The molecular formula is C9H9NO6. The second-order valence-corrected chi connectivity index (χ2v) is 2.43. The van der Waals surface area contributed by atoms with Crippen molar-refractivity contribution in [3.8, 4) is 0 Å². The summed E-state index contributed by atoms with van der Waals surface area (Å²) in [6.45, 7) is 0. The van der Waals surface area contributed by atoms with Gasteiger partial charge in [0.2, 0.25) is 6.41 Å². The Bertz CT molecular complexity index is 339. The van der Waals surface area contributed by atoms with Gasteiger partial charge in [-0.15, -0.1) is 0 Å². The largest absolute Gasteiger partial charge is 0.478 e. The normalized spacial score (nSPS) is 8.31. The summed E-state index contributed by atoms with van der Waals surface area (Å²) in [5.74, 6) is -2.13. The lowest BCUT2D eigenvalue weighted by Crippen LogP contribution is -1.99. The van der Waals surface area contributed by atoms with Gasteiger partial charge in [-0.05, 0) is 24.3 Å². The summed E-state index contributed by atoms with van der Waals surface area (Å²) in [6, 6.07) is 5.02. The first-order valence-electron chi connectivity index (χ1n) is 3.92. The van der Waals surface area contributed by atoms with E-state index in [1.807, 2.05) is 0 Å². The lowest BCUT2D eigenvalue weighted by atomic mass is 10.1. The maximum Gasteiger partial charge on any atom is 0.335 e. The number of aromatic carboxylic acids is 2. The number of hydroxylamine groups is 1. The number of carbonyl (C=O) groups excluding carboxylic acids is 1. The topological polar surface area (TPSA) is 124 Å². The van der Waals surface area contributed by atoms with Crippen LogP contribution >= 0.6 is 0 Å². The number of carbonyl (C=O) groups is 3. The molecular weight excluding hydrogens is 218 g/mol. The SMILES string of the molecule is O=C(O)c1ccc(C(=O)O)cc1.O=CNO. The van der Waals surface area contributed by atoms with Gasteiger partial charge in [0, 0.05) is 0 Å². The van der Waals surface area contributed by atoms with E-state index in [1.54, 1.807) is 0 Å². The van der Waals surface area contributed by atoms with Crippen LogP contribution in [0.15, 0.2) is 24.3 Å². The van der Waals surface area contributed by atoms with E-state index in [1.165, 1.54) is 29.7 Å². The van der Waals surface area contributed by atoms with Crippen molar-refractivity contribution in [2.24, 2.45) is 0 Å². The standard InChI is InChI=1S/C8H6O4.CH3NO2/c9-7(10)5-1-2-6(4-3-5)8(11)12;3-1-2-4/h1-4H,(H,9,10)(H,11,12);1,4H,(H,2,3). The zero-order chi connectivity index (χ0) is 12.6. The molecule has 0 saturated carbocycles. The quantitative estimate of drug-likeness (QED) is 0.332. The highest BCUT2D eigenvalue weighted by molar-refractivity contribution is 5.91. The van der Waals surface area contributed by atoms with Crippen LogP contribution in [0, 0.1) is 0 Å². The fourth-order valence-corrected chi connectivity index (χ4v) is 0.755. The van der Waals surface area contributed by atoms with Crippen molar-refractivity contribution in [1.82, 2.24) is 5.48 Å². The summed E-state index contributed by atoms with van der Waals surface area (Å²) < 4.78 is 0. The second kappa shape index (κ2) is 6.96. The summed E-state index contributed by atoms with van der Waals surface area (Å²) in [5.41, 5.74) is 1.42. The van der Waals surface area contributed by atoms with Crippen molar-refractivity contribution in [3.63, 3.8) is 0 Å². The number of nitrogens with one attached hydrogen (secondary N) is 1. The number of benzene rings is 1. The first-order valence-corrected chi connectivity index (χ1v) is 3.92. The molecule has 7 nitrogen and oxygen atoms in total. The van der Waals surface area contributed by atoms with E-state index < -0.39 is 11.9 Å². The Kier molecular flexibility index (Phi) is 5.91. The van der Waals surface area contributed by atoms with Crippen molar-refractivity contribution in [2.45, 2.75) is 0 Å². The molecule has 1 aromatic rings. The fraction of sp³-hybridized carbons (Fsp3) is 0. The molecule has 0 atom stereocenters. The Morgan fingerprint density at radius 1 is 1.00 bits per heavy atom. The zero-order valence-electron chi connectivity index (χ0n) is 7.95. The summed E-state index contributed by atoms with van der Waals surface area (Å²) in [6.07, 6.45) is 0.181. The molecule has 1 rings (SSSR count). The van der Waals surface area contributed by atoms with Crippen LogP contribution in [0.4, 0.5) is 0 Å². The molecule has 0 bridgehead atoms. The molecule has 0 aliphatic rings. The number of carboxylic acids is 2. The third kappa shape index (κ3) is 4.72. The number of carboxylic acid groups (broad SMARTS) is 2. The minimum Gasteiger partial charge on any atom is -0.478 e. The molecule has 0 aliphatic carbocycles. The van der Waals surface area contributed by atoms with Crippen molar-refractivity contribution >= 4 is 18.3 Å². The molecule has 1 aromatic carbocycles. The fourth-order valence-electron chi connectivity index (χ4n) is 0.755. The Labute approximate surface area is 89.9 Å². The van der Waals surface area contributed by atoms with Crippen LogP contribution in [0.25, 0.3) is 0 Å². The highest BCUT2D eigenvalue weighted by Crippen LogP contribution is 2.03. The lowest BCUT2D eigenvalue weighted by Gasteiger charge is -1.94. The van der Waals surface area contributed by atoms with Gasteiger partial charge in [-0.1, -0.05) is 0 Å². The maximum atomic E-state index is 10.3. The van der Waals surface area contributed by atoms with E-state index in [0.29, 0.717) is 0 Å². The summed E-state index contributed by atoms with van der Waals surface area (Å²) >= 11 is 0. The van der Waals surface area contributed by atoms with Crippen LogP contribution in [0.1, 0.15) is 20.7 Å². The zero-order valence-corrected chi connectivity index (χ0v) is 7.95. The van der Waals surface area contributed by atoms with E-state index in [-0.39, 0.29) is 17.5 Å². The van der Waals surface area contributed by atoms with Crippen molar-refractivity contribution in [2.75, 3.05) is 0 Å². The summed E-state index contributed by atoms with van der Waals surface area (Å²) in [4.78, 5) is 29.5. The molecule has 16 heavy (non-hydrogen) atoms. The Hall–Kier alpha value is -2.41. The number of hydrogen-bond donors (Lipinski definition) is 4. The van der Waals surface area contributed by atoms with Gasteiger partial charge in [0.05, 0.1) is 11.1 Å². The van der Waals surface area contributed by atoms with Gasteiger partial charge >= 0.3 is 11.9 Å². The van der Waals surface area contributed by atoms with Crippen molar-refractivity contribution in [1.29, 1.82) is 0 Å². The van der Waals surface area contributed by atoms with E-state index in [9.17, 15) is 9.59 Å². The molecule has 7 heteroatoms. The van der Waals surface area contributed by atoms with Gasteiger partial charge in [0.15, 0.2) is 0 Å². The van der Waals surface area contributed by atoms with E-state index in [0.717, 1.165) is 0 Å². The van der Waals surface area contributed by atoms with E-state index >= 15 is 0 Å². The Morgan fingerprint density at radius 2 is 1.25 bits per heavy atom. The van der Waals surface area contributed by atoms with Crippen LogP contribution in [-0.4, -0.2) is 33.8 Å². The van der Waals surface area contributed by atoms with Crippen LogP contribution in [0.5, 0.6) is 0 Å². The molecule has 0 aliphatic heterocycles. The van der Waals surface area contributed by atoms with Gasteiger partial charge in [0.25, 0.3) is 0 Å². The Morgan fingerprint density at radius 3 is 1.38 bits per heavy atom. The van der Waals surface area contributed by atoms with Crippen LogP contribution in [-0.2, 0) is 4.79 Å². The minimum absolute atomic E-state index is 0.0833. The van der Waals surface area contributed by atoms with Crippen LogP contribution < -0.4 is 5.48 Å². The third-order valence-electron chi connectivity index (χ3n) is 1.43. The van der Waals surface area contributed by atoms with Gasteiger partial charge < -0.3 is 10.2 Å². The van der Waals surface area contributed by atoms with Crippen molar-refractivity contribution < 1.29 is 29.8 Å². The molecule has 1 amide bonds. The molecule has 86 valence electrons. The van der Waals surface area contributed by atoms with Gasteiger partial charge in [-0.3, -0.25) is 10.0 Å². The summed E-state index contributed by atoms with van der Waals surface area (Å²) in [7, 11) is 0. The number of hydrogen-bond acceptors (Lipinski definition) is 4. The second-order valence-electron chi connectivity index (χ2n) is 2.43. The highest BCUT2D eigenvalue weighted by atomic mass is 16.5. The van der Waals surface area contributed by atoms with E-state index in [2.05, 4.69) is 0 Å². The third-order valence-corrected chi connectivity index (χ3v) is 1.43. The average Bonchev–Trinajstić information content (AvgIpc) is 2.29. The minimum atomic E-state index is -1.06. The molecule has 0 saturated heterocycles. The molecule has 4 N–H and O–H groups in total.